The second-order valence-electron chi connectivity index (χ2n) is 8.22. The highest BCUT2D eigenvalue weighted by Crippen LogP contribution is 2.39. The molecule has 0 spiro atoms. The zero-order chi connectivity index (χ0) is 19.0. The fourth-order valence-corrected chi connectivity index (χ4v) is 3.97. The van der Waals surface area contributed by atoms with Gasteiger partial charge in [0.25, 0.3) is 0 Å². The molecule has 27 heavy (non-hydrogen) atoms. The largest absolute Gasteiger partial charge is 0.495 e. The van der Waals surface area contributed by atoms with Gasteiger partial charge in [-0.3, -0.25) is 0 Å². The Kier molecular flexibility index (Phi) is 3.49. The van der Waals surface area contributed by atoms with Gasteiger partial charge in [-0.25, -0.2) is 0 Å². The summed E-state index contributed by atoms with van der Waals surface area (Å²) in [7, 11) is -0.443. The van der Waals surface area contributed by atoms with Crippen LogP contribution >= 0.6 is 11.6 Å². The molecule has 4 aromatic rings. The lowest BCUT2D eigenvalue weighted by Gasteiger charge is -2.32. The van der Waals surface area contributed by atoms with Gasteiger partial charge in [0.05, 0.1) is 11.2 Å². The summed E-state index contributed by atoms with van der Waals surface area (Å²) in [6.45, 7) is 8.27. The third kappa shape index (κ3) is 2.44. The fourth-order valence-electron chi connectivity index (χ4n) is 3.81. The summed E-state index contributed by atoms with van der Waals surface area (Å²) in [6, 6.07) is 16.2. The molecule has 0 N–H and O–H groups in total. The molecular weight excluding hydrogens is 359 g/mol. The van der Waals surface area contributed by atoms with Gasteiger partial charge in [0, 0.05) is 21.9 Å². The van der Waals surface area contributed by atoms with Gasteiger partial charge in [0.2, 0.25) is 0 Å². The maximum absolute atomic E-state index is 6.32. The number of hydrogen-bond donors (Lipinski definition) is 0. The monoisotopic (exact) mass is 378 g/mol. The van der Waals surface area contributed by atoms with E-state index in [1.165, 1.54) is 0 Å². The molecule has 1 aliphatic heterocycles. The molecule has 0 aliphatic carbocycles. The van der Waals surface area contributed by atoms with Crippen LogP contribution in [0.1, 0.15) is 27.7 Å². The standard InChI is InChI=1S/C22H20BClO3/c1-21(2)22(3,4)27-23(26-21)17-12-19-20(15-8-6-5-7-14(15)17)16-10-9-13(24)11-18(16)25-19/h5-12H,1-4H3. The Labute approximate surface area is 163 Å². The van der Waals surface area contributed by atoms with E-state index in [0.29, 0.717) is 5.02 Å². The third-order valence-corrected chi connectivity index (χ3v) is 6.22. The van der Waals surface area contributed by atoms with Crippen LogP contribution in [0, 0.1) is 0 Å². The van der Waals surface area contributed by atoms with Crippen molar-refractivity contribution >= 4 is 56.9 Å². The van der Waals surface area contributed by atoms with Crippen LogP contribution < -0.4 is 5.46 Å². The maximum Gasteiger partial charge on any atom is 0.495 e. The molecule has 5 heteroatoms. The van der Waals surface area contributed by atoms with Crippen molar-refractivity contribution in [2.75, 3.05) is 0 Å². The lowest BCUT2D eigenvalue weighted by atomic mass is 9.75. The molecule has 1 aromatic heterocycles. The summed E-state index contributed by atoms with van der Waals surface area (Å²) < 4.78 is 18.8. The Bertz CT molecular complexity index is 1190. The van der Waals surface area contributed by atoms with E-state index >= 15 is 0 Å². The van der Waals surface area contributed by atoms with E-state index in [1.54, 1.807) is 0 Å². The van der Waals surface area contributed by atoms with Gasteiger partial charge in [0.15, 0.2) is 0 Å². The normalized spacial score (nSPS) is 18.8. The minimum atomic E-state index is -0.443. The third-order valence-electron chi connectivity index (χ3n) is 5.98. The molecule has 0 bridgehead atoms. The highest BCUT2D eigenvalue weighted by atomic mass is 35.5. The van der Waals surface area contributed by atoms with Gasteiger partial charge < -0.3 is 13.7 Å². The van der Waals surface area contributed by atoms with Crippen LogP contribution in [-0.4, -0.2) is 18.3 Å². The molecule has 0 atom stereocenters. The number of halogens is 1. The highest BCUT2D eigenvalue weighted by Gasteiger charge is 2.52. The average molecular weight is 379 g/mol. The first-order valence-electron chi connectivity index (χ1n) is 9.16. The molecule has 1 saturated heterocycles. The van der Waals surface area contributed by atoms with Gasteiger partial charge in [-0.2, -0.15) is 0 Å². The smallest absolute Gasteiger partial charge is 0.456 e. The predicted octanol–water partition coefficient (Wildman–Crippen LogP) is 5.69. The lowest BCUT2D eigenvalue weighted by molar-refractivity contribution is 0.00578. The molecule has 0 amide bonds. The van der Waals surface area contributed by atoms with Crippen LogP contribution in [0.2, 0.25) is 5.02 Å². The summed E-state index contributed by atoms with van der Waals surface area (Å²) in [6.07, 6.45) is 0. The van der Waals surface area contributed by atoms with E-state index in [1.807, 2.05) is 36.4 Å². The first-order valence-corrected chi connectivity index (χ1v) is 9.54. The summed E-state index contributed by atoms with van der Waals surface area (Å²) in [5, 5.41) is 5.06. The van der Waals surface area contributed by atoms with Crippen molar-refractivity contribution in [3.05, 3.63) is 53.6 Å². The Morgan fingerprint density at radius 1 is 0.778 bits per heavy atom. The van der Waals surface area contributed by atoms with Crippen LogP contribution in [0.5, 0.6) is 0 Å². The predicted molar refractivity (Wildman–Crippen MR) is 112 cm³/mol. The molecule has 136 valence electrons. The quantitative estimate of drug-likeness (QED) is 0.399. The van der Waals surface area contributed by atoms with Crippen molar-refractivity contribution in [1.82, 2.24) is 0 Å². The van der Waals surface area contributed by atoms with E-state index in [0.717, 1.165) is 38.2 Å². The molecule has 1 aliphatic rings. The maximum atomic E-state index is 6.32. The number of hydrogen-bond acceptors (Lipinski definition) is 3. The lowest BCUT2D eigenvalue weighted by Crippen LogP contribution is -2.41. The van der Waals surface area contributed by atoms with Crippen LogP contribution in [0.4, 0.5) is 0 Å². The van der Waals surface area contributed by atoms with E-state index in [4.69, 9.17) is 25.3 Å². The Morgan fingerprint density at radius 2 is 1.44 bits per heavy atom. The average Bonchev–Trinajstić information content (AvgIpc) is 3.07. The topological polar surface area (TPSA) is 31.6 Å². The zero-order valence-corrected chi connectivity index (χ0v) is 16.6. The SMILES string of the molecule is CC1(C)OB(c2cc3oc4cc(Cl)ccc4c3c3ccccc23)OC1(C)C. The van der Waals surface area contributed by atoms with E-state index in [-0.39, 0.29) is 0 Å². The first kappa shape index (κ1) is 17.1. The van der Waals surface area contributed by atoms with Crippen molar-refractivity contribution in [2.24, 2.45) is 0 Å². The fraction of sp³-hybridized carbons (Fsp3) is 0.273. The molecule has 3 aromatic carbocycles. The summed E-state index contributed by atoms with van der Waals surface area (Å²) >= 11 is 6.16. The molecule has 5 rings (SSSR count). The van der Waals surface area contributed by atoms with Crippen molar-refractivity contribution < 1.29 is 13.7 Å². The molecular formula is C22H20BClO3. The molecule has 0 saturated carbocycles. The van der Waals surface area contributed by atoms with Gasteiger partial charge in [-0.15, -0.1) is 0 Å². The van der Waals surface area contributed by atoms with Crippen molar-refractivity contribution in [3.8, 4) is 0 Å². The summed E-state index contributed by atoms with van der Waals surface area (Å²) in [5.41, 5.74) is 1.80. The summed E-state index contributed by atoms with van der Waals surface area (Å²) in [5.74, 6) is 0. The minimum Gasteiger partial charge on any atom is -0.456 e. The minimum absolute atomic E-state index is 0.394. The molecule has 0 unspecified atom stereocenters. The second kappa shape index (κ2) is 5.51. The number of furan rings is 1. The van der Waals surface area contributed by atoms with Crippen molar-refractivity contribution in [2.45, 2.75) is 38.9 Å². The van der Waals surface area contributed by atoms with Gasteiger partial charge in [0.1, 0.15) is 11.2 Å². The Balaban J connectivity index is 1.82. The zero-order valence-electron chi connectivity index (χ0n) is 15.8. The van der Waals surface area contributed by atoms with Crippen molar-refractivity contribution in [3.63, 3.8) is 0 Å². The highest BCUT2D eigenvalue weighted by molar-refractivity contribution is 6.66. The Morgan fingerprint density at radius 3 is 2.15 bits per heavy atom. The number of benzene rings is 3. The Hall–Kier alpha value is -2.01. The van der Waals surface area contributed by atoms with E-state index in [9.17, 15) is 0 Å². The van der Waals surface area contributed by atoms with Crippen LogP contribution in [0.15, 0.2) is 52.9 Å². The second-order valence-corrected chi connectivity index (χ2v) is 8.65. The van der Waals surface area contributed by atoms with Gasteiger partial charge in [-0.1, -0.05) is 35.9 Å². The number of fused-ring (bicyclic) bond motifs is 5. The molecule has 2 heterocycles. The first-order chi connectivity index (χ1) is 12.8. The summed E-state index contributed by atoms with van der Waals surface area (Å²) in [4.78, 5) is 0. The molecule has 1 fully saturated rings. The van der Waals surface area contributed by atoms with Gasteiger partial charge >= 0.3 is 7.12 Å². The van der Waals surface area contributed by atoms with Crippen molar-refractivity contribution in [1.29, 1.82) is 0 Å². The van der Waals surface area contributed by atoms with Crippen LogP contribution in [0.3, 0.4) is 0 Å². The van der Waals surface area contributed by atoms with E-state index < -0.39 is 18.3 Å². The van der Waals surface area contributed by atoms with Crippen LogP contribution in [-0.2, 0) is 9.31 Å². The number of rotatable bonds is 1. The molecule has 0 radical (unpaired) electrons. The van der Waals surface area contributed by atoms with Gasteiger partial charge in [-0.05, 0) is 62.1 Å². The van der Waals surface area contributed by atoms with E-state index in [2.05, 4.69) is 39.8 Å². The molecule has 3 nitrogen and oxygen atoms in total. The van der Waals surface area contributed by atoms with Crippen LogP contribution in [0.25, 0.3) is 32.7 Å².